The SMILES string of the molecule is C[C@@]1(NCCNCc2ccc(N)cc2)CCS(=O)(=O)C1. The summed E-state index contributed by atoms with van der Waals surface area (Å²) in [5.41, 5.74) is 7.33. The second-order valence-electron chi connectivity index (χ2n) is 5.75. The van der Waals surface area contributed by atoms with Crippen LogP contribution in [0, 0.1) is 0 Å². The van der Waals surface area contributed by atoms with Gasteiger partial charge in [-0.2, -0.15) is 0 Å². The molecule has 0 radical (unpaired) electrons. The summed E-state index contributed by atoms with van der Waals surface area (Å²) in [5.74, 6) is 0.549. The van der Waals surface area contributed by atoms with Crippen LogP contribution in [0.5, 0.6) is 0 Å². The van der Waals surface area contributed by atoms with E-state index in [0.29, 0.717) is 12.2 Å². The molecule has 2 rings (SSSR count). The number of rotatable bonds is 6. The molecule has 4 N–H and O–H groups in total. The quantitative estimate of drug-likeness (QED) is 0.527. The van der Waals surface area contributed by atoms with Crippen molar-refractivity contribution in [2.75, 3.05) is 30.3 Å². The Balaban J connectivity index is 1.66. The van der Waals surface area contributed by atoms with E-state index in [1.165, 1.54) is 5.56 Å². The van der Waals surface area contributed by atoms with Crippen LogP contribution >= 0.6 is 0 Å². The van der Waals surface area contributed by atoms with Crippen molar-refractivity contribution in [2.24, 2.45) is 0 Å². The largest absolute Gasteiger partial charge is 0.399 e. The molecule has 0 unspecified atom stereocenters. The van der Waals surface area contributed by atoms with Gasteiger partial charge in [-0.05, 0) is 31.0 Å². The molecule has 6 heteroatoms. The van der Waals surface area contributed by atoms with Crippen LogP contribution in [-0.2, 0) is 16.4 Å². The van der Waals surface area contributed by atoms with Gasteiger partial charge in [-0.15, -0.1) is 0 Å². The molecule has 1 atom stereocenters. The van der Waals surface area contributed by atoms with Gasteiger partial charge < -0.3 is 16.4 Å². The summed E-state index contributed by atoms with van der Waals surface area (Å²) in [5, 5.41) is 6.68. The fourth-order valence-electron chi connectivity index (χ4n) is 2.47. The molecule has 5 nitrogen and oxygen atoms in total. The molecule has 0 bridgehead atoms. The minimum absolute atomic E-state index is 0.248. The first-order valence-corrected chi connectivity index (χ1v) is 8.71. The van der Waals surface area contributed by atoms with Crippen molar-refractivity contribution in [1.82, 2.24) is 10.6 Å². The molecule has 0 aliphatic carbocycles. The lowest BCUT2D eigenvalue weighted by Crippen LogP contribution is -2.46. The van der Waals surface area contributed by atoms with Crippen LogP contribution in [0.15, 0.2) is 24.3 Å². The third-order valence-electron chi connectivity index (χ3n) is 3.67. The lowest BCUT2D eigenvalue weighted by molar-refractivity contribution is 0.395. The maximum absolute atomic E-state index is 11.5. The highest BCUT2D eigenvalue weighted by atomic mass is 32.2. The fourth-order valence-corrected chi connectivity index (χ4v) is 4.59. The predicted molar refractivity (Wildman–Crippen MR) is 82.2 cm³/mol. The van der Waals surface area contributed by atoms with Crippen molar-refractivity contribution < 1.29 is 8.42 Å². The van der Waals surface area contributed by atoms with Crippen LogP contribution in [0.4, 0.5) is 5.69 Å². The van der Waals surface area contributed by atoms with Gasteiger partial charge in [-0.1, -0.05) is 12.1 Å². The zero-order valence-electron chi connectivity index (χ0n) is 11.9. The highest BCUT2D eigenvalue weighted by Crippen LogP contribution is 2.22. The standard InChI is InChI=1S/C14H23N3O2S/c1-14(6-9-20(18,19)11-14)17-8-7-16-10-12-2-4-13(15)5-3-12/h2-5,16-17H,6-11,15H2,1H3/t14-/m1/s1. The van der Waals surface area contributed by atoms with Gasteiger partial charge in [0.15, 0.2) is 9.84 Å². The number of hydrogen-bond donors (Lipinski definition) is 3. The Kier molecular flexibility index (Phi) is 4.67. The summed E-state index contributed by atoms with van der Waals surface area (Å²) in [6.07, 6.45) is 0.702. The third-order valence-corrected chi connectivity index (χ3v) is 5.57. The number of nitrogens with one attached hydrogen (secondary N) is 2. The summed E-state index contributed by atoms with van der Waals surface area (Å²) in [4.78, 5) is 0. The fraction of sp³-hybridized carbons (Fsp3) is 0.571. The van der Waals surface area contributed by atoms with E-state index >= 15 is 0 Å². The van der Waals surface area contributed by atoms with Gasteiger partial charge in [-0.3, -0.25) is 0 Å². The summed E-state index contributed by atoms with van der Waals surface area (Å²) in [6, 6.07) is 7.78. The summed E-state index contributed by atoms with van der Waals surface area (Å²) >= 11 is 0. The highest BCUT2D eigenvalue weighted by Gasteiger charge is 2.37. The molecular formula is C14H23N3O2S. The van der Waals surface area contributed by atoms with Crippen LogP contribution in [0.1, 0.15) is 18.9 Å². The smallest absolute Gasteiger partial charge is 0.152 e. The number of anilines is 1. The molecule has 0 spiro atoms. The van der Waals surface area contributed by atoms with Gasteiger partial charge in [0, 0.05) is 30.9 Å². The molecule has 1 fully saturated rings. The summed E-state index contributed by atoms with van der Waals surface area (Å²) in [7, 11) is -2.84. The molecule has 1 aliphatic heterocycles. The Hall–Kier alpha value is -1.11. The number of sulfone groups is 1. The van der Waals surface area contributed by atoms with Gasteiger partial charge in [0.1, 0.15) is 0 Å². The van der Waals surface area contributed by atoms with Crippen molar-refractivity contribution >= 4 is 15.5 Å². The van der Waals surface area contributed by atoms with Gasteiger partial charge in [0.2, 0.25) is 0 Å². The van der Waals surface area contributed by atoms with Crippen LogP contribution in [0.2, 0.25) is 0 Å². The summed E-state index contributed by atoms with van der Waals surface area (Å²) < 4.78 is 23.0. The van der Waals surface area contributed by atoms with Crippen LogP contribution in [-0.4, -0.2) is 38.6 Å². The third kappa shape index (κ3) is 4.47. The molecule has 0 amide bonds. The molecule has 0 aromatic heterocycles. The first kappa shape index (κ1) is 15.3. The Morgan fingerprint density at radius 3 is 2.55 bits per heavy atom. The van der Waals surface area contributed by atoms with E-state index in [1.807, 2.05) is 31.2 Å². The minimum Gasteiger partial charge on any atom is -0.399 e. The molecule has 20 heavy (non-hydrogen) atoms. The lowest BCUT2D eigenvalue weighted by atomic mass is 10.0. The van der Waals surface area contributed by atoms with E-state index in [0.717, 1.165) is 25.3 Å². The molecule has 1 saturated heterocycles. The van der Waals surface area contributed by atoms with Gasteiger partial charge >= 0.3 is 0 Å². The molecule has 1 heterocycles. The Morgan fingerprint density at radius 1 is 1.25 bits per heavy atom. The summed E-state index contributed by atoms with van der Waals surface area (Å²) in [6.45, 7) is 4.34. The van der Waals surface area contributed by atoms with E-state index in [-0.39, 0.29) is 11.3 Å². The highest BCUT2D eigenvalue weighted by molar-refractivity contribution is 7.91. The molecular weight excluding hydrogens is 274 g/mol. The van der Waals surface area contributed by atoms with Crippen molar-refractivity contribution in [1.29, 1.82) is 0 Å². The Bertz CT molecular complexity index is 542. The normalized spacial score (nSPS) is 24.9. The lowest BCUT2D eigenvalue weighted by Gasteiger charge is -2.24. The molecule has 1 aliphatic rings. The molecule has 1 aromatic carbocycles. The van der Waals surface area contributed by atoms with Crippen LogP contribution in [0.3, 0.4) is 0 Å². The number of benzene rings is 1. The van der Waals surface area contributed by atoms with Crippen molar-refractivity contribution in [2.45, 2.75) is 25.4 Å². The molecule has 112 valence electrons. The van der Waals surface area contributed by atoms with E-state index < -0.39 is 9.84 Å². The second kappa shape index (κ2) is 6.11. The maximum Gasteiger partial charge on any atom is 0.152 e. The van der Waals surface area contributed by atoms with Crippen LogP contribution < -0.4 is 16.4 Å². The van der Waals surface area contributed by atoms with Crippen molar-refractivity contribution in [3.8, 4) is 0 Å². The average molecular weight is 297 g/mol. The Labute approximate surface area is 120 Å². The maximum atomic E-state index is 11.5. The second-order valence-corrected chi connectivity index (χ2v) is 7.93. The topological polar surface area (TPSA) is 84.2 Å². The molecule has 0 saturated carbocycles. The average Bonchev–Trinajstić information content (AvgIpc) is 2.66. The first-order chi connectivity index (χ1) is 9.39. The number of nitrogen functional groups attached to an aromatic ring is 1. The van der Waals surface area contributed by atoms with Crippen molar-refractivity contribution in [3.63, 3.8) is 0 Å². The van der Waals surface area contributed by atoms with Gasteiger partial charge in [0.05, 0.1) is 11.5 Å². The number of hydrogen-bond acceptors (Lipinski definition) is 5. The minimum atomic E-state index is -2.84. The molecule has 1 aromatic rings. The monoisotopic (exact) mass is 297 g/mol. The zero-order chi connectivity index (χ0) is 14.6. The first-order valence-electron chi connectivity index (χ1n) is 6.89. The van der Waals surface area contributed by atoms with E-state index in [9.17, 15) is 8.42 Å². The van der Waals surface area contributed by atoms with E-state index in [2.05, 4.69) is 10.6 Å². The Morgan fingerprint density at radius 2 is 1.95 bits per heavy atom. The van der Waals surface area contributed by atoms with Crippen molar-refractivity contribution in [3.05, 3.63) is 29.8 Å². The predicted octanol–water partition coefficient (Wildman–Crippen LogP) is 0.525. The zero-order valence-corrected chi connectivity index (χ0v) is 12.7. The van der Waals surface area contributed by atoms with Crippen LogP contribution in [0.25, 0.3) is 0 Å². The van der Waals surface area contributed by atoms with Gasteiger partial charge in [0.25, 0.3) is 0 Å². The number of nitrogens with two attached hydrogens (primary N) is 1. The van der Waals surface area contributed by atoms with E-state index in [1.54, 1.807) is 0 Å². The van der Waals surface area contributed by atoms with Gasteiger partial charge in [-0.25, -0.2) is 8.42 Å². The van der Waals surface area contributed by atoms with E-state index in [4.69, 9.17) is 5.73 Å².